The molecular formula is C20H26FIN6O. The smallest absolute Gasteiger partial charge is 0.192 e. The highest BCUT2D eigenvalue weighted by atomic mass is 127. The van der Waals surface area contributed by atoms with E-state index in [9.17, 15) is 4.39 Å². The number of aryl methyl sites for hydroxylation is 3. The molecule has 0 bridgehead atoms. The zero-order valence-electron chi connectivity index (χ0n) is 16.8. The van der Waals surface area contributed by atoms with Crippen LogP contribution in [0.4, 0.5) is 4.39 Å². The van der Waals surface area contributed by atoms with Crippen LogP contribution in [0.15, 0.2) is 27.6 Å². The Morgan fingerprint density at radius 2 is 2.21 bits per heavy atom. The molecule has 3 aromatic rings. The normalized spacial score (nSPS) is 16.4. The molecule has 2 aromatic heterocycles. The summed E-state index contributed by atoms with van der Waals surface area (Å²) in [5.41, 5.74) is 1.60. The largest absolute Gasteiger partial charge is 0.459 e. The number of guanidine groups is 1. The van der Waals surface area contributed by atoms with Gasteiger partial charge in [0, 0.05) is 24.0 Å². The lowest BCUT2D eigenvalue weighted by Gasteiger charge is -2.24. The molecule has 1 aromatic carbocycles. The molecule has 1 aliphatic heterocycles. The third-order valence-electron chi connectivity index (χ3n) is 5.01. The third kappa shape index (κ3) is 4.54. The quantitative estimate of drug-likeness (QED) is 0.314. The summed E-state index contributed by atoms with van der Waals surface area (Å²) in [6.45, 7) is 7.89. The number of furan rings is 1. The Bertz CT molecular complexity index is 1030. The molecule has 9 heteroatoms. The molecule has 1 aliphatic rings. The average molecular weight is 512 g/mol. The first-order valence-corrected chi connectivity index (χ1v) is 9.69. The highest BCUT2D eigenvalue weighted by Gasteiger charge is 2.24. The maximum Gasteiger partial charge on any atom is 0.192 e. The molecule has 2 N–H and O–H groups in total. The highest BCUT2D eigenvalue weighted by Crippen LogP contribution is 2.27. The Balaban J connectivity index is 0.00000240. The predicted molar refractivity (Wildman–Crippen MR) is 121 cm³/mol. The number of nitrogens with one attached hydrogen (secondary N) is 2. The lowest BCUT2D eigenvalue weighted by atomic mass is 10.1. The average Bonchev–Trinajstić information content (AvgIpc) is 3.20. The molecule has 0 amide bonds. The summed E-state index contributed by atoms with van der Waals surface area (Å²) in [6.07, 6.45) is 2.02. The summed E-state index contributed by atoms with van der Waals surface area (Å²) >= 11 is 0. The van der Waals surface area contributed by atoms with Crippen LogP contribution >= 0.6 is 24.0 Å². The van der Waals surface area contributed by atoms with Crippen molar-refractivity contribution in [1.29, 1.82) is 0 Å². The van der Waals surface area contributed by atoms with Crippen LogP contribution in [0.3, 0.4) is 0 Å². The summed E-state index contributed by atoms with van der Waals surface area (Å²) in [4.78, 5) is 9.25. The number of nitrogens with zero attached hydrogens (tertiary/aromatic N) is 4. The van der Waals surface area contributed by atoms with Crippen LogP contribution in [-0.2, 0) is 13.1 Å². The van der Waals surface area contributed by atoms with Gasteiger partial charge >= 0.3 is 0 Å². The van der Waals surface area contributed by atoms with E-state index in [1.165, 1.54) is 12.1 Å². The first-order chi connectivity index (χ1) is 13.5. The van der Waals surface area contributed by atoms with Gasteiger partial charge in [0.25, 0.3) is 0 Å². The predicted octanol–water partition coefficient (Wildman–Crippen LogP) is 3.99. The zero-order valence-corrected chi connectivity index (χ0v) is 19.2. The minimum absolute atomic E-state index is 0. The molecule has 0 spiro atoms. The minimum Gasteiger partial charge on any atom is -0.459 e. The molecular weight excluding hydrogens is 486 g/mol. The van der Waals surface area contributed by atoms with Crippen molar-refractivity contribution in [3.05, 3.63) is 47.0 Å². The second-order valence-corrected chi connectivity index (χ2v) is 7.07. The van der Waals surface area contributed by atoms with E-state index in [4.69, 9.17) is 4.42 Å². The van der Waals surface area contributed by atoms with Crippen LogP contribution < -0.4 is 10.6 Å². The van der Waals surface area contributed by atoms with Crippen molar-refractivity contribution in [2.75, 3.05) is 6.54 Å². The number of hydrogen-bond donors (Lipinski definition) is 2. The number of fused-ring (bicyclic) bond motifs is 2. The monoisotopic (exact) mass is 512 g/mol. The molecule has 7 nitrogen and oxygen atoms in total. The summed E-state index contributed by atoms with van der Waals surface area (Å²) in [6, 6.07) is 4.64. The Labute approximate surface area is 186 Å². The maximum absolute atomic E-state index is 13.5. The van der Waals surface area contributed by atoms with E-state index < -0.39 is 0 Å². The van der Waals surface area contributed by atoms with Gasteiger partial charge in [-0.25, -0.2) is 19.0 Å². The number of benzene rings is 1. The van der Waals surface area contributed by atoms with E-state index in [-0.39, 0.29) is 35.8 Å². The molecule has 1 unspecified atom stereocenters. The first-order valence-electron chi connectivity index (χ1n) is 9.69. The van der Waals surface area contributed by atoms with Gasteiger partial charge in [0.15, 0.2) is 5.96 Å². The fraction of sp³-hybridized carbons (Fsp3) is 0.450. The molecule has 0 saturated heterocycles. The lowest BCUT2D eigenvalue weighted by molar-refractivity contribution is 0.397. The number of rotatable bonds is 4. The van der Waals surface area contributed by atoms with Crippen LogP contribution in [0.5, 0.6) is 0 Å². The van der Waals surface area contributed by atoms with Crippen molar-refractivity contribution >= 4 is 40.9 Å². The molecule has 29 heavy (non-hydrogen) atoms. The van der Waals surface area contributed by atoms with Gasteiger partial charge in [0.05, 0.1) is 6.04 Å². The highest BCUT2D eigenvalue weighted by molar-refractivity contribution is 14.0. The van der Waals surface area contributed by atoms with Gasteiger partial charge in [0.1, 0.15) is 35.4 Å². The number of aromatic nitrogens is 3. The third-order valence-corrected chi connectivity index (χ3v) is 5.01. The maximum atomic E-state index is 13.5. The second-order valence-electron chi connectivity index (χ2n) is 7.07. The topological polar surface area (TPSA) is 80.3 Å². The van der Waals surface area contributed by atoms with Crippen LogP contribution in [0.2, 0.25) is 0 Å². The Morgan fingerprint density at radius 3 is 3.00 bits per heavy atom. The van der Waals surface area contributed by atoms with Crippen molar-refractivity contribution in [2.24, 2.45) is 4.99 Å². The van der Waals surface area contributed by atoms with E-state index >= 15 is 0 Å². The molecule has 3 heterocycles. The Kier molecular flexibility index (Phi) is 6.76. The van der Waals surface area contributed by atoms with Gasteiger partial charge < -0.3 is 15.1 Å². The van der Waals surface area contributed by atoms with Gasteiger partial charge in [-0.05, 0) is 51.8 Å². The fourth-order valence-electron chi connectivity index (χ4n) is 3.64. The molecule has 0 saturated carbocycles. The lowest BCUT2D eigenvalue weighted by Crippen LogP contribution is -2.41. The van der Waals surface area contributed by atoms with Crippen LogP contribution in [-0.4, -0.2) is 27.3 Å². The van der Waals surface area contributed by atoms with Gasteiger partial charge in [-0.3, -0.25) is 0 Å². The minimum atomic E-state index is -0.266. The molecule has 4 rings (SSSR count). The van der Waals surface area contributed by atoms with Crippen molar-refractivity contribution in [1.82, 2.24) is 25.4 Å². The van der Waals surface area contributed by atoms with Crippen LogP contribution in [0, 0.1) is 19.7 Å². The van der Waals surface area contributed by atoms with Crippen molar-refractivity contribution in [3.8, 4) is 0 Å². The molecule has 1 atom stereocenters. The summed E-state index contributed by atoms with van der Waals surface area (Å²) in [5, 5.41) is 12.0. The fourth-order valence-corrected chi connectivity index (χ4v) is 3.64. The number of aliphatic imine (C=N–C) groups is 1. The van der Waals surface area contributed by atoms with Gasteiger partial charge in [0.2, 0.25) is 0 Å². The van der Waals surface area contributed by atoms with Crippen molar-refractivity contribution < 1.29 is 8.81 Å². The first kappa shape index (κ1) is 21.5. The van der Waals surface area contributed by atoms with E-state index in [2.05, 4.69) is 25.7 Å². The number of hydrogen-bond acceptors (Lipinski definition) is 4. The summed E-state index contributed by atoms with van der Waals surface area (Å²) in [5.74, 6) is 2.91. The van der Waals surface area contributed by atoms with Crippen molar-refractivity contribution in [2.45, 2.75) is 52.7 Å². The van der Waals surface area contributed by atoms with Crippen molar-refractivity contribution in [3.63, 3.8) is 0 Å². The zero-order chi connectivity index (χ0) is 19.7. The number of halogens is 2. The van der Waals surface area contributed by atoms with E-state index in [0.29, 0.717) is 18.1 Å². The van der Waals surface area contributed by atoms with Gasteiger partial charge in [-0.15, -0.1) is 24.0 Å². The van der Waals surface area contributed by atoms with Crippen LogP contribution in [0.25, 0.3) is 11.0 Å². The van der Waals surface area contributed by atoms with Gasteiger partial charge in [-0.2, -0.15) is 5.10 Å². The van der Waals surface area contributed by atoms with Gasteiger partial charge in [-0.1, -0.05) is 0 Å². The Morgan fingerprint density at radius 1 is 1.38 bits per heavy atom. The van der Waals surface area contributed by atoms with E-state index in [1.807, 2.05) is 25.5 Å². The second kappa shape index (κ2) is 9.10. The van der Waals surface area contributed by atoms with Crippen LogP contribution in [0.1, 0.15) is 48.8 Å². The standard InChI is InChI=1S/C20H25FN6O.HI/c1-4-22-20(25-16-6-5-9-27-19(16)24-13(3)26-27)23-11-18-12(2)15-10-14(21)7-8-17(15)28-18;/h7-8,10,16H,4-6,9,11H2,1-3H3,(H2,22,23,25);1H. The van der Waals surface area contributed by atoms with E-state index in [0.717, 1.165) is 54.3 Å². The summed E-state index contributed by atoms with van der Waals surface area (Å²) < 4.78 is 21.4. The Hall–Kier alpha value is -2.17. The SMILES string of the molecule is CCNC(=NCc1oc2ccc(F)cc2c1C)NC1CCCn2nc(C)nc21.I. The molecule has 0 radical (unpaired) electrons. The molecule has 0 fully saturated rings. The van der Waals surface area contributed by atoms with E-state index in [1.54, 1.807) is 6.07 Å². The molecule has 156 valence electrons. The summed E-state index contributed by atoms with van der Waals surface area (Å²) in [7, 11) is 0. The molecule has 0 aliphatic carbocycles.